The van der Waals surface area contributed by atoms with Crippen LogP contribution in [0.5, 0.6) is 0 Å². The zero-order valence-electron chi connectivity index (χ0n) is 9.12. The topological polar surface area (TPSA) is 49.3 Å². The molecule has 1 aliphatic heterocycles. The van der Waals surface area contributed by atoms with E-state index in [1.807, 2.05) is 6.07 Å². The van der Waals surface area contributed by atoms with Crippen molar-refractivity contribution in [1.82, 2.24) is 5.32 Å². The van der Waals surface area contributed by atoms with E-state index in [4.69, 9.17) is 5.11 Å². The molecule has 5 heteroatoms. The van der Waals surface area contributed by atoms with Gasteiger partial charge in [-0.15, -0.1) is 0 Å². The smallest absolute Gasteiger partial charge is 0.320 e. The highest BCUT2D eigenvalue weighted by molar-refractivity contribution is 9.10. The molecule has 2 unspecified atom stereocenters. The minimum Gasteiger partial charge on any atom is -0.480 e. The molecular formula is C12H13BrFNO2. The Hall–Kier alpha value is -0.940. The summed E-state index contributed by atoms with van der Waals surface area (Å²) in [5.41, 5.74) is 0.869. The van der Waals surface area contributed by atoms with Crippen LogP contribution in [0.15, 0.2) is 22.7 Å². The van der Waals surface area contributed by atoms with Crippen LogP contribution in [0.3, 0.4) is 0 Å². The van der Waals surface area contributed by atoms with Gasteiger partial charge in [-0.1, -0.05) is 12.1 Å². The number of benzene rings is 1. The highest BCUT2D eigenvalue weighted by Gasteiger charge is 2.29. The van der Waals surface area contributed by atoms with Gasteiger partial charge in [0.25, 0.3) is 0 Å². The molecule has 0 radical (unpaired) electrons. The van der Waals surface area contributed by atoms with Crippen molar-refractivity contribution in [2.45, 2.75) is 31.3 Å². The minimum absolute atomic E-state index is 0.106. The SMILES string of the molecule is O=C(O)C1CCC(Cc2cccc(F)c2Br)N1. The molecule has 0 amide bonds. The number of halogens is 2. The molecule has 2 rings (SSSR count). The first kappa shape index (κ1) is 12.5. The third-order valence-electron chi connectivity index (χ3n) is 3.04. The van der Waals surface area contributed by atoms with Gasteiger partial charge in [0.05, 0.1) is 4.47 Å². The van der Waals surface area contributed by atoms with Crippen LogP contribution in [0.4, 0.5) is 4.39 Å². The normalized spacial score (nSPS) is 23.9. The van der Waals surface area contributed by atoms with E-state index in [0.29, 0.717) is 17.3 Å². The van der Waals surface area contributed by atoms with Crippen molar-refractivity contribution in [2.75, 3.05) is 0 Å². The monoisotopic (exact) mass is 301 g/mol. The Balaban J connectivity index is 2.03. The van der Waals surface area contributed by atoms with Gasteiger partial charge in [0.1, 0.15) is 11.9 Å². The summed E-state index contributed by atoms with van der Waals surface area (Å²) in [6.45, 7) is 0. The van der Waals surface area contributed by atoms with Gasteiger partial charge in [-0.3, -0.25) is 4.79 Å². The second-order valence-electron chi connectivity index (χ2n) is 4.25. The third kappa shape index (κ3) is 2.84. The molecule has 0 bridgehead atoms. The zero-order valence-corrected chi connectivity index (χ0v) is 10.7. The first-order valence-electron chi connectivity index (χ1n) is 5.49. The van der Waals surface area contributed by atoms with Crippen molar-refractivity contribution in [3.63, 3.8) is 0 Å². The number of rotatable bonds is 3. The van der Waals surface area contributed by atoms with Crippen molar-refractivity contribution in [3.05, 3.63) is 34.1 Å². The van der Waals surface area contributed by atoms with Crippen LogP contribution >= 0.6 is 15.9 Å². The van der Waals surface area contributed by atoms with Crippen molar-refractivity contribution in [2.24, 2.45) is 0 Å². The summed E-state index contributed by atoms with van der Waals surface area (Å²) < 4.78 is 13.8. The minimum atomic E-state index is -0.814. The van der Waals surface area contributed by atoms with E-state index in [9.17, 15) is 9.18 Å². The fraction of sp³-hybridized carbons (Fsp3) is 0.417. The summed E-state index contributed by atoms with van der Waals surface area (Å²) in [4.78, 5) is 10.8. The maximum atomic E-state index is 13.3. The second-order valence-corrected chi connectivity index (χ2v) is 5.04. The lowest BCUT2D eigenvalue weighted by Gasteiger charge is -2.13. The van der Waals surface area contributed by atoms with Gasteiger partial charge in [-0.05, 0) is 46.8 Å². The number of carboxylic acids is 1. The Morgan fingerprint density at radius 3 is 2.94 bits per heavy atom. The third-order valence-corrected chi connectivity index (χ3v) is 3.92. The summed E-state index contributed by atoms with van der Waals surface area (Å²) in [5.74, 6) is -1.10. The van der Waals surface area contributed by atoms with E-state index < -0.39 is 12.0 Å². The number of hydrogen-bond donors (Lipinski definition) is 2. The van der Waals surface area contributed by atoms with E-state index in [1.165, 1.54) is 6.07 Å². The van der Waals surface area contributed by atoms with Crippen LogP contribution in [0, 0.1) is 5.82 Å². The molecule has 1 saturated heterocycles. The van der Waals surface area contributed by atoms with E-state index in [0.717, 1.165) is 12.0 Å². The Bertz CT molecular complexity index is 439. The van der Waals surface area contributed by atoms with E-state index in [2.05, 4.69) is 21.2 Å². The molecule has 0 aliphatic carbocycles. The average Bonchev–Trinajstić information content (AvgIpc) is 2.73. The molecule has 17 heavy (non-hydrogen) atoms. The van der Waals surface area contributed by atoms with Gasteiger partial charge >= 0.3 is 5.97 Å². The van der Waals surface area contributed by atoms with Crippen LogP contribution in [0.2, 0.25) is 0 Å². The maximum absolute atomic E-state index is 13.3. The predicted octanol–water partition coefficient (Wildman–Crippen LogP) is 2.34. The molecule has 3 nitrogen and oxygen atoms in total. The van der Waals surface area contributed by atoms with Gasteiger partial charge in [-0.25, -0.2) is 4.39 Å². The van der Waals surface area contributed by atoms with E-state index in [1.54, 1.807) is 6.07 Å². The summed E-state index contributed by atoms with van der Waals surface area (Å²) in [6, 6.07) is 4.55. The quantitative estimate of drug-likeness (QED) is 0.901. The highest BCUT2D eigenvalue weighted by atomic mass is 79.9. The zero-order chi connectivity index (χ0) is 12.4. The van der Waals surface area contributed by atoms with Crippen molar-refractivity contribution >= 4 is 21.9 Å². The first-order chi connectivity index (χ1) is 8.08. The summed E-state index contributed by atoms with van der Waals surface area (Å²) in [7, 11) is 0. The van der Waals surface area contributed by atoms with Crippen molar-refractivity contribution in [1.29, 1.82) is 0 Å². The second kappa shape index (κ2) is 5.14. The van der Waals surface area contributed by atoms with Crippen molar-refractivity contribution < 1.29 is 14.3 Å². The Labute approximate surface area is 107 Å². The lowest BCUT2D eigenvalue weighted by molar-refractivity contribution is -0.139. The average molecular weight is 302 g/mol. The molecule has 1 fully saturated rings. The maximum Gasteiger partial charge on any atom is 0.320 e. The molecule has 1 aromatic carbocycles. The highest BCUT2D eigenvalue weighted by Crippen LogP contribution is 2.24. The largest absolute Gasteiger partial charge is 0.480 e. The number of aliphatic carboxylic acids is 1. The molecule has 1 heterocycles. The molecule has 0 aromatic heterocycles. The van der Waals surface area contributed by atoms with Crippen LogP contribution in [0.1, 0.15) is 18.4 Å². The Kier molecular flexibility index (Phi) is 3.79. The van der Waals surface area contributed by atoms with Gasteiger partial charge in [-0.2, -0.15) is 0 Å². The van der Waals surface area contributed by atoms with Crippen LogP contribution in [-0.4, -0.2) is 23.2 Å². The summed E-state index contributed by atoms with van der Waals surface area (Å²) in [5, 5.41) is 11.9. The number of nitrogens with one attached hydrogen (secondary N) is 1. The standard InChI is InChI=1S/C12H13BrFNO2/c13-11-7(2-1-3-9(11)14)6-8-4-5-10(15-8)12(16)17/h1-3,8,10,15H,4-6H2,(H,16,17). The van der Waals surface area contributed by atoms with Gasteiger partial charge in [0.15, 0.2) is 0 Å². The first-order valence-corrected chi connectivity index (χ1v) is 6.29. The molecule has 1 aliphatic rings. The van der Waals surface area contributed by atoms with E-state index >= 15 is 0 Å². The van der Waals surface area contributed by atoms with Crippen LogP contribution in [-0.2, 0) is 11.2 Å². The molecule has 2 atom stereocenters. The predicted molar refractivity (Wildman–Crippen MR) is 65.4 cm³/mol. The molecule has 0 saturated carbocycles. The number of carboxylic acid groups (broad SMARTS) is 1. The summed E-state index contributed by atoms with van der Waals surface area (Å²) >= 11 is 3.21. The Morgan fingerprint density at radius 2 is 2.29 bits per heavy atom. The lowest BCUT2D eigenvalue weighted by Crippen LogP contribution is -2.36. The fourth-order valence-electron chi connectivity index (χ4n) is 2.15. The van der Waals surface area contributed by atoms with E-state index in [-0.39, 0.29) is 11.9 Å². The molecular weight excluding hydrogens is 289 g/mol. The fourth-order valence-corrected chi connectivity index (χ4v) is 2.57. The lowest BCUT2D eigenvalue weighted by atomic mass is 10.0. The van der Waals surface area contributed by atoms with Gasteiger partial charge < -0.3 is 10.4 Å². The number of hydrogen-bond acceptors (Lipinski definition) is 2. The van der Waals surface area contributed by atoms with Crippen LogP contribution < -0.4 is 5.32 Å². The van der Waals surface area contributed by atoms with Gasteiger partial charge in [0.2, 0.25) is 0 Å². The summed E-state index contributed by atoms with van der Waals surface area (Å²) in [6.07, 6.45) is 2.08. The molecule has 2 N–H and O–H groups in total. The van der Waals surface area contributed by atoms with Gasteiger partial charge in [0, 0.05) is 6.04 Å². The molecule has 1 aromatic rings. The molecule has 0 spiro atoms. The molecule has 92 valence electrons. The Morgan fingerprint density at radius 1 is 1.53 bits per heavy atom. The van der Waals surface area contributed by atoms with Crippen molar-refractivity contribution in [3.8, 4) is 0 Å². The number of carbonyl (C=O) groups is 1. The van der Waals surface area contributed by atoms with Crippen LogP contribution in [0.25, 0.3) is 0 Å².